The van der Waals surface area contributed by atoms with Gasteiger partial charge in [-0.05, 0) is 18.2 Å². The van der Waals surface area contributed by atoms with E-state index in [4.69, 9.17) is 5.73 Å². The summed E-state index contributed by atoms with van der Waals surface area (Å²) in [6, 6.07) is 4.99. The Labute approximate surface area is 62.2 Å². The van der Waals surface area contributed by atoms with Crippen LogP contribution in [0.2, 0.25) is 0 Å². The summed E-state index contributed by atoms with van der Waals surface area (Å²) in [4.78, 5) is 0.311. The molecule has 1 aromatic carbocycles. The topological polar surface area (TPSA) is 43.8 Å². The molecule has 0 spiro atoms. The van der Waals surface area contributed by atoms with Crippen molar-refractivity contribution < 1.29 is 4.48 Å². The Hall–Kier alpha value is -1.58. The van der Waals surface area contributed by atoms with Crippen LogP contribution in [-0.2, 0) is 0 Å². The lowest BCUT2D eigenvalue weighted by Crippen LogP contribution is -1.86. The van der Waals surface area contributed by atoms with E-state index in [2.05, 4.69) is 5.10 Å². The van der Waals surface area contributed by atoms with Crippen molar-refractivity contribution >= 4 is 16.6 Å². The Bertz CT molecular complexity index is 393. The van der Waals surface area contributed by atoms with Gasteiger partial charge in [0.1, 0.15) is 5.52 Å². The monoisotopic (exact) mass is 151 g/mol. The molecule has 0 saturated carbocycles. The maximum atomic E-state index is 12.7. The van der Waals surface area contributed by atoms with E-state index in [1.807, 2.05) is 0 Å². The zero-order chi connectivity index (χ0) is 7.84. The fourth-order valence-electron chi connectivity index (χ4n) is 1.00. The van der Waals surface area contributed by atoms with E-state index in [0.717, 1.165) is 5.39 Å². The largest absolute Gasteiger partial charge is 0.399 e. The minimum absolute atomic E-state index is 0.311. The minimum atomic E-state index is 0.311. The highest BCUT2D eigenvalue weighted by atomic mass is 19.2. The highest BCUT2D eigenvalue weighted by Crippen LogP contribution is 2.16. The van der Waals surface area contributed by atoms with Crippen LogP contribution in [0.15, 0.2) is 24.4 Å². The zero-order valence-electron chi connectivity index (χ0n) is 5.66. The van der Waals surface area contributed by atoms with Gasteiger partial charge in [-0.2, -0.15) is 0 Å². The predicted molar refractivity (Wildman–Crippen MR) is 40.7 cm³/mol. The second-order valence-corrected chi connectivity index (χ2v) is 2.32. The van der Waals surface area contributed by atoms with Gasteiger partial charge in [-0.1, -0.05) is 9.39 Å². The number of hydrogen-bond acceptors (Lipinski definition) is 2. The van der Waals surface area contributed by atoms with Crippen molar-refractivity contribution in [1.82, 2.24) is 10.0 Å². The normalized spacial score (nSPS) is 10.6. The zero-order valence-corrected chi connectivity index (χ0v) is 5.66. The molecule has 3 nitrogen and oxygen atoms in total. The molecule has 4 heteroatoms. The average molecular weight is 151 g/mol. The van der Waals surface area contributed by atoms with E-state index in [9.17, 15) is 4.48 Å². The molecule has 2 aromatic rings. The first-order chi connectivity index (χ1) is 5.27. The summed E-state index contributed by atoms with van der Waals surface area (Å²) in [6.45, 7) is 0. The summed E-state index contributed by atoms with van der Waals surface area (Å²) in [6.07, 6.45) is 1.45. The summed E-state index contributed by atoms with van der Waals surface area (Å²) >= 11 is 0. The molecule has 0 bridgehead atoms. The molecule has 2 rings (SSSR count). The van der Waals surface area contributed by atoms with Gasteiger partial charge >= 0.3 is 0 Å². The quantitative estimate of drug-likeness (QED) is 0.577. The molecule has 1 heterocycles. The van der Waals surface area contributed by atoms with Gasteiger partial charge in [0.15, 0.2) is 0 Å². The molecule has 0 unspecified atom stereocenters. The maximum absolute atomic E-state index is 12.7. The molecule has 0 aliphatic carbocycles. The lowest BCUT2D eigenvalue weighted by Gasteiger charge is -1.91. The third kappa shape index (κ3) is 0.832. The lowest BCUT2D eigenvalue weighted by molar-refractivity contribution is 0.332. The Morgan fingerprint density at radius 1 is 1.45 bits per heavy atom. The number of nitrogen functional groups attached to an aromatic ring is 1. The molecule has 0 aliphatic heterocycles. The van der Waals surface area contributed by atoms with E-state index >= 15 is 0 Å². The Morgan fingerprint density at radius 2 is 2.27 bits per heavy atom. The smallest absolute Gasteiger partial charge is 0.106 e. The number of fused-ring (bicyclic) bond motifs is 1. The fraction of sp³-hybridized carbons (Fsp3) is 0. The van der Waals surface area contributed by atoms with Crippen molar-refractivity contribution in [2.24, 2.45) is 0 Å². The molecular weight excluding hydrogens is 145 g/mol. The van der Waals surface area contributed by atoms with Crippen LogP contribution in [0.3, 0.4) is 0 Å². The second kappa shape index (κ2) is 1.95. The molecular formula is C7H6FN3. The second-order valence-electron chi connectivity index (χ2n) is 2.32. The van der Waals surface area contributed by atoms with Gasteiger partial charge in [0, 0.05) is 11.1 Å². The Kier molecular flexibility index (Phi) is 1.09. The molecule has 0 radical (unpaired) electrons. The molecule has 1 aromatic heterocycles. The fourth-order valence-corrected chi connectivity index (χ4v) is 1.00. The molecule has 0 amide bonds. The molecule has 0 fully saturated rings. The third-order valence-electron chi connectivity index (χ3n) is 1.55. The number of benzene rings is 1. The van der Waals surface area contributed by atoms with Gasteiger partial charge < -0.3 is 5.73 Å². The molecule has 11 heavy (non-hydrogen) atoms. The van der Waals surface area contributed by atoms with E-state index in [0.29, 0.717) is 16.1 Å². The number of aromatic nitrogens is 2. The van der Waals surface area contributed by atoms with E-state index < -0.39 is 0 Å². The molecule has 0 saturated heterocycles. The van der Waals surface area contributed by atoms with Crippen molar-refractivity contribution in [2.75, 3.05) is 5.73 Å². The number of rotatable bonds is 0. The highest BCUT2D eigenvalue weighted by molar-refractivity contribution is 5.81. The Balaban J connectivity index is 2.87. The van der Waals surface area contributed by atoms with Crippen molar-refractivity contribution in [3.63, 3.8) is 0 Å². The van der Waals surface area contributed by atoms with Crippen molar-refractivity contribution in [2.45, 2.75) is 0 Å². The standard InChI is InChI=1S/C7H6FN3/c8-11-7-3-6(9)2-1-5(7)4-10-11/h1-4H,9H2. The van der Waals surface area contributed by atoms with Gasteiger partial charge in [-0.3, -0.25) is 0 Å². The molecule has 0 aliphatic rings. The lowest BCUT2D eigenvalue weighted by atomic mass is 10.2. The van der Waals surface area contributed by atoms with Gasteiger partial charge in [0.2, 0.25) is 0 Å². The van der Waals surface area contributed by atoms with Gasteiger partial charge in [0.05, 0.1) is 6.20 Å². The average Bonchev–Trinajstić information content (AvgIpc) is 2.33. The summed E-state index contributed by atoms with van der Waals surface area (Å²) in [5.74, 6) is 0. The molecule has 0 atom stereocenters. The SMILES string of the molecule is Nc1ccc2cnn(F)c2c1. The number of nitrogens with zero attached hydrogens (tertiary/aromatic N) is 2. The van der Waals surface area contributed by atoms with Crippen molar-refractivity contribution in [1.29, 1.82) is 0 Å². The van der Waals surface area contributed by atoms with E-state index in [1.165, 1.54) is 6.20 Å². The summed E-state index contributed by atoms with van der Waals surface area (Å²) in [5.41, 5.74) is 6.39. The van der Waals surface area contributed by atoms with Gasteiger partial charge in [-0.25, -0.2) is 0 Å². The van der Waals surface area contributed by atoms with Gasteiger partial charge in [0.25, 0.3) is 0 Å². The first kappa shape index (κ1) is 6.15. The number of anilines is 1. The summed E-state index contributed by atoms with van der Waals surface area (Å²) in [7, 11) is 0. The number of halogens is 1. The van der Waals surface area contributed by atoms with E-state index in [1.54, 1.807) is 18.2 Å². The van der Waals surface area contributed by atoms with Crippen LogP contribution in [0, 0.1) is 0 Å². The van der Waals surface area contributed by atoms with Crippen LogP contribution in [0.4, 0.5) is 10.2 Å². The number of hydrogen-bond donors (Lipinski definition) is 1. The minimum Gasteiger partial charge on any atom is -0.399 e. The van der Waals surface area contributed by atoms with Gasteiger partial charge in [-0.15, -0.1) is 5.10 Å². The predicted octanol–water partition coefficient (Wildman–Crippen LogP) is 1.35. The third-order valence-corrected chi connectivity index (χ3v) is 1.55. The molecule has 56 valence electrons. The first-order valence-electron chi connectivity index (χ1n) is 3.17. The first-order valence-corrected chi connectivity index (χ1v) is 3.17. The van der Waals surface area contributed by atoms with Crippen LogP contribution in [-0.4, -0.2) is 10.0 Å². The molecule has 2 N–H and O–H groups in total. The number of nitrogens with two attached hydrogens (primary N) is 1. The van der Waals surface area contributed by atoms with Crippen LogP contribution in [0.25, 0.3) is 10.9 Å². The van der Waals surface area contributed by atoms with Crippen molar-refractivity contribution in [3.8, 4) is 0 Å². The van der Waals surface area contributed by atoms with Crippen LogP contribution < -0.4 is 5.73 Å². The van der Waals surface area contributed by atoms with Crippen LogP contribution in [0.5, 0.6) is 0 Å². The summed E-state index contributed by atoms with van der Waals surface area (Å²) in [5, 5.41) is 4.18. The van der Waals surface area contributed by atoms with Crippen molar-refractivity contribution in [3.05, 3.63) is 24.4 Å². The highest BCUT2D eigenvalue weighted by Gasteiger charge is 2.00. The van der Waals surface area contributed by atoms with E-state index in [-0.39, 0.29) is 0 Å². The van der Waals surface area contributed by atoms with Crippen LogP contribution in [0.1, 0.15) is 0 Å². The van der Waals surface area contributed by atoms with Crippen LogP contribution >= 0.6 is 0 Å². The maximum Gasteiger partial charge on any atom is 0.106 e. The Morgan fingerprint density at radius 3 is 3.09 bits per heavy atom. The summed E-state index contributed by atoms with van der Waals surface area (Å²) < 4.78 is 12.7.